The lowest BCUT2D eigenvalue weighted by molar-refractivity contribution is -0.126. The highest BCUT2D eigenvalue weighted by Gasteiger charge is 2.27. The summed E-state index contributed by atoms with van der Waals surface area (Å²) in [4.78, 5) is 32.2. The molecule has 7 nitrogen and oxygen atoms in total. The number of carbonyl (C=O) groups is 1. The Kier molecular flexibility index (Phi) is 5.94. The molecule has 0 bridgehead atoms. The van der Waals surface area contributed by atoms with Gasteiger partial charge < -0.3 is 10.2 Å². The average molecular weight is 404 g/mol. The Hall–Kier alpha value is -1.96. The molecule has 1 N–H and O–H groups in total. The number of anilines is 1. The minimum absolute atomic E-state index is 0.106. The predicted molar refractivity (Wildman–Crippen MR) is 111 cm³/mol. The molecule has 2 aliphatic rings. The standard InChI is InChI=1S/C20H29N5O2S/c1-2-6-16-13-17(26)25-19(22-16)28-20(23-25)24-11-9-15(10-12-24)21-18(27)14-7-4-3-5-8-14/h13-15H,2-12H2,1H3,(H,21,27). The second kappa shape index (κ2) is 8.59. The first kappa shape index (κ1) is 19.4. The number of hydrogen-bond acceptors (Lipinski definition) is 6. The number of fused-ring (bicyclic) bond motifs is 1. The van der Waals surface area contributed by atoms with Crippen LogP contribution < -0.4 is 15.8 Å². The molecule has 1 saturated heterocycles. The van der Waals surface area contributed by atoms with Crippen molar-refractivity contribution in [2.75, 3.05) is 18.0 Å². The number of nitrogens with zero attached hydrogens (tertiary/aromatic N) is 4. The molecule has 0 aromatic carbocycles. The Bertz CT molecular complexity index is 878. The first-order valence-electron chi connectivity index (χ1n) is 10.6. The number of aryl methyl sites for hydroxylation is 1. The van der Waals surface area contributed by atoms with Crippen LogP contribution in [0.15, 0.2) is 10.9 Å². The maximum absolute atomic E-state index is 12.5. The molecule has 4 rings (SSSR count). The van der Waals surface area contributed by atoms with Gasteiger partial charge in [0.15, 0.2) is 0 Å². The Balaban J connectivity index is 1.37. The molecular weight excluding hydrogens is 374 g/mol. The third-order valence-corrected chi connectivity index (χ3v) is 6.85. The van der Waals surface area contributed by atoms with E-state index in [4.69, 9.17) is 0 Å². The van der Waals surface area contributed by atoms with Gasteiger partial charge in [-0.25, -0.2) is 4.98 Å². The molecule has 3 heterocycles. The summed E-state index contributed by atoms with van der Waals surface area (Å²) in [6, 6.07) is 1.84. The maximum Gasteiger partial charge on any atom is 0.275 e. The van der Waals surface area contributed by atoms with Crippen molar-refractivity contribution in [2.24, 2.45) is 5.92 Å². The van der Waals surface area contributed by atoms with Crippen LogP contribution in [0.5, 0.6) is 0 Å². The maximum atomic E-state index is 12.5. The summed E-state index contributed by atoms with van der Waals surface area (Å²) >= 11 is 1.48. The Labute approximate surface area is 169 Å². The van der Waals surface area contributed by atoms with Gasteiger partial charge in [-0.3, -0.25) is 9.59 Å². The highest BCUT2D eigenvalue weighted by molar-refractivity contribution is 7.20. The number of piperidine rings is 1. The Morgan fingerprint density at radius 2 is 1.96 bits per heavy atom. The van der Waals surface area contributed by atoms with Gasteiger partial charge in [-0.05, 0) is 32.1 Å². The van der Waals surface area contributed by atoms with Crippen LogP contribution in [0, 0.1) is 5.92 Å². The molecule has 0 atom stereocenters. The molecule has 1 aliphatic carbocycles. The predicted octanol–water partition coefficient (Wildman–Crippen LogP) is 2.77. The van der Waals surface area contributed by atoms with Crippen molar-refractivity contribution >= 4 is 27.3 Å². The molecule has 0 spiro atoms. The second-order valence-electron chi connectivity index (χ2n) is 8.02. The van der Waals surface area contributed by atoms with Crippen LogP contribution in [0.2, 0.25) is 0 Å². The van der Waals surface area contributed by atoms with Crippen molar-refractivity contribution in [3.8, 4) is 0 Å². The van der Waals surface area contributed by atoms with Gasteiger partial charge in [-0.15, -0.1) is 5.10 Å². The molecule has 28 heavy (non-hydrogen) atoms. The number of amides is 1. The SMILES string of the molecule is CCCc1cc(=O)n2nc(N3CCC(NC(=O)C4CCCCC4)CC3)sc2n1. The topological polar surface area (TPSA) is 79.6 Å². The number of hydrogen-bond donors (Lipinski definition) is 1. The highest BCUT2D eigenvalue weighted by atomic mass is 32.1. The van der Waals surface area contributed by atoms with Gasteiger partial charge in [-0.2, -0.15) is 4.52 Å². The fraction of sp³-hybridized carbons (Fsp3) is 0.700. The number of carbonyl (C=O) groups excluding carboxylic acids is 1. The number of rotatable bonds is 5. The van der Waals surface area contributed by atoms with E-state index in [-0.39, 0.29) is 23.4 Å². The molecule has 1 amide bonds. The van der Waals surface area contributed by atoms with Gasteiger partial charge in [-0.1, -0.05) is 43.9 Å². The summed E-state index contributed by atoms with van der Waals surface area (Å²) in [6.45, 7) is 3.76. The molecule has 2 aromatic rings. The fourth-order valence-corrected chi connectivity index (χ4v) is 5.23. The van der Waals surface area contributed by atoms with Crippen molar-refractivity contribution in [1.29, 1.82) is 0 Å². The van der Waals surface area contributed by atoms with Crippen LogP contribution in [0.4, 0.5) is 5.13 Å². The zero-order valence-electron chi connectivity index (χ0n) is 16.5. The largest absolute Gasteiger partial charge is 0.353 e. The third kappa shape index (κ3) is 4.21. The summed E-state index contributed by atoms with van der Waals surface area (Å²) in [5, 5.41) is 8.61. The smallest absolute Gasteiger partial charge is 0.275 e. The molecule has 0 radical (unpaired) electrons. The Morgan fingerprint density at radius 1 is 1.21 bits per heavy atom. The normalized spacial score (nSPS) is 19.2. The van der Waals surface area contributed by atoms with Crippen molar-refractivity contribution < 1.29 is 4.79 Å². The van der Waals surface area contributed by atoms with Crippen LogP contribution in [0.25, 0.3) is 4.96 Å². The van der Waals surface area contributed by atoms with Crippen molar-refractivity contribution in [3.05, 3.63) is 22.1 Å². The molecule has 152 valence electrons. The summed E-state index contributed by atoms with van der Waals surface area (Å²) in [6.07, 6.45) is 9.32. The fourth-order valence-electron chi connectivity index (χ4n) is 4.26. The monoisotopic (exact) mass is 403 g/mol. The van der Waals surface area contributed by atoms with Crippen LogP contribution in [0.3, 0.4) is 0 Å². The van der Waals surface area contributed by atoms with Crippen molar-refractivity contribution in [3.63, 3.8) is 0 Å². The lowest BCUT2D eigenvalue weighted by atomic mass is 9.88. The van der Waals surface area contributed by atoms with Crippen LogP contribution in [0.1, 0.15) is 64.0 Å². The van der Waals surface area contributed by atoms with E-state index in [1.165, 1.54) is 35.1 Å². The van der Waals surface area contributed by atoms with Gasteiger partial charge in [0.25, 0.3) is 5.56 Å². The van der Waals surface area contributed by atoms with E-state index >= 15 is 0 Å². The van der Waals surface area contributed by atoms with E-state index in [0.717, 1.165) is 62.4 Å². The van der Waals surface area contributed by atoms with Gasteiger partial charge >= 0.3 is 0 Å². The van der Waals surface area contributed by atoms with E-state index in [1.54, 1.807) is 6.07 Å². The van der Waals surface area contributed by atoms with E-state index in [0.29, 0.717) is 4.96 Å². The molecule has 1 aliphatic heterocycles. The van der Waals surface area contributed by atoms with E-state index in [9.17, 15) is 9.59 Å². The van der Waals surface area contributed by atoms with E-state index in [1.807, 2.05) is 0 Å². The molecule has 8 heteroatoms. The lowest BCUT2D eigenvalue weighted by Gasteiger charge is -2.33. The Morgan fingerprint density at radius 3 is 2.68 bits per heavy atom. The van der Waals surface area contributed by atoms with Gasteiger partial charge in [0.05, 0.1) is 0 Å². The van der Waals surface area contributed by atoms with Crippen LogP contribution in [-0.4, -0.2) is 39.6 Å². The first-order valence-corrected chi connectivity index (χ1v) is 11.4. The zero-order valence-corrected chi connectivity index (χ0v) is 17.3. The summed E-state index contributed by atoms with van der Waals surface area (Å²) in [5.74, 6) is 0.462. The first-order chi connectivity index (χ1) is 13.6. The summed E-state index contributed by atoms with van der Waals surface area (Å²) in [5.41, 5.74) is 0.734. The van der Waals surface area contributed by atoms with E-state index in [2.05, 4.69) is 27.2 Å². The van der Waals surface area contributed by atoms with Crippen LogP contribution >= 0.6 is 11.3 Å². The lowest BCUT2D eigenvalue weighted by Crippen LogP contribution is -2.46. The third-order valence-electron chi connectivity index (χ3n) is 5.88. The molecular formula is C20H29N5O2S. The second-order valence-corrected chi connectivity index (χ2v) is 8.95. The van der Waals surface area contributed by atoms with Gasteiger partial charge in [0, 0.05) is 36.8 Å². The minimum atomic E-state index is -0.106. The number of nitrogens with one attached hydrogen (secondary N) is 1. The zero-order chi connectivity index (χ0) is 19.5. The van der Waals surface area contributed by atoms with E-state index < -0.39 is 0 Å². The molecule has 2 fully saturated rings. The number of aromatic nitrogens is 3. The van der Waals surface area contributed by atoms with Crippen LogP contribution in [-0.2, 0) is 11.2 Å². The average Bonchev–Trinajstić information content (AvgIpc) is 3.14. The van der Waals surface area contributed by atoms with Gasteiger partial charge in [0.1, 0.15) is 0 Å². The minimum Gasteiger partial charge on any atom is -0.353 e. The molecule has 1 saturated carbocycles. The highest BCUT2D eigenvalue weighted by Crippen LogP contribution is 2.26. The van der Waals surface area contributed by atoms with Crippen molar-refractivity contribution in [2.45, 2.75) is 70.8 Å². The molecule has 2 aromatic heterocycles. The quantitative estimate of drug-likeness (QED) is 0.830. The molecule has 0 unspecified atom stereocenters. The van der Waals surface area contributed by atoms with Gasteiger partial charge in [0.2, 0.25) is 16.0 Å². The summed E-state index contributed by atoms with van der Waals surface area (Å²) in [7, 11) is 0. The van der Waals surface area contributed by atoms with Crippen molar-refractivity contribution in [1.82, 2.24) is 19.9 Å². The summed E-state index contributed by atoms with van der Waals surface area (Å²) < 4.78 is 1.41.